The summed E-state index contributed by atoms with van der Waals surface area (Å²) in [6.07, 6.45) is 3.42. The first-order valence-electron chi connectivity index (χ1n) is 12.4. The smallest absolute Gasteiger partial charge is 0.163 e. The van der Waals surface area contributed by atoms with Crippen molar-refractivity contribution in [2.45, 2.75) is 71.0 Å². The van der Waals surface area contributed by atoms with Gasteiger partial charge in [-0.2, -0.15) is 0 Å². The van der Waals surface area contributed by atoms with Crippen LogP contribution >= 0.6 is 11.6 Å². The van der Waals surface area contributed by atoms with Gasteiger partial charge in [0, 0.05) is 11.1 Å². The maximum absolute atomic E-state index is 14.9. The average Bonchev–Trinajstić information content (AvgIpc) is 3.42. The zero-order valence-corrected chi connectivity index (χ0v) is 22.0. The van der Waals surface area contributed by atoms with Crippen LogP contribution in [-0.4, -0.2) is 37.5 Å². The molecule has 3 aromatic heterocycles. The van der Waals surface area contributed by atoms with Crippen molar-refractivity contribution in [2.24, 2.45) is 5.41 Å². The van der Waals surface area contributed by atoms with Crippen LogP contribution in [0, 0.1) is 18.2 Å². The zero-order chi connectivity index (χ0) is 26.3. The van der Waals surface area contributed by atoms with E-state index in [2.05, 4.69) is 33.4 Å². The van der Waals surface area contributed by atoms with Gasteiger partial charge in [-0.05, 0) is 75.3 Å². The van der Waals surface area contributed by atoms with Crippen LogP contribution in [0.3, 0.4) is 0 Å². The SMILES string of the molecule is Cc1cc2c(N)ncnc2n1[C@@H]1C[C@](C)(CCc2cc(F)c3cc(Cl)c(N)nc3c2)[C@H]2OC(C)(C)O[C@@H]12. The lowest BCUT2D eigenvalue weighted by Crippen LogP contribution is -2.34. The van der Waals surface area contributed by atoms with E-state index >= 15 is 0 Å². The Morgan fingerprint density at radius 3 is 2.65 bits per heavy atom. The molecule has 0 bridgehead atoms. The molecule has 4 heterocycles. The van der Waals surface area contributed by atoms with Gasteiger partial charge < -0.3 is 25.5 Å². The number of pyridine rings is 1. The molecule has 10 heteroatoms. The van der Waals surface area contributed by atoms with Crippen molar-refractivity contribution in [3.8, 4) is 0 Å². The first-order valence-corrected chi connectivity index (χ1v) is 12.8. The van der Waals surface area contributed by atoms with Crippen molar-refractivity contribution in [3.63, 3.8) is 0 Å². The summed E-state index contributed by atoms with van der Waals surface area (Å²) in [5.74, 6) is -0.420. The predicted molar refractivity (Wildman–Crippen MR) is 142 cm³/mol. The summed E-state index contributed by atoms with van der Waals surface area (Å²) < 4.78 is 30.1. The lowest BCUT2D eigenvalue weighted by atomic mass is 9.80. The number of aryl methyl sites for hydroxylation is 2. The molecule has 194 valence electrons. The summed E-state index contributed by atoms with van der Waals surface area (Å²) in [4.78, 5) is 13.0. The third-order valence-corrected chi connectivity index (χ3v) is 8.27. The molecule has 1 aromatic carbocycles. The van der Waals surface area contributed by atoms with Crippen LogP contribution in [-0.2, 0) is 15.9 Å². The van der Waals surface area contributed by atoms with Gasteiger partial charge in [-0.25, -0.2) is 19.3 Å². The number of ether oxygens (including phenoxy) is 2. The van der Waals surface area contributed by atoms with E-state index in [1.165, 1.54) is 12.4 Å². The third-order valence-electron chi connectivity index (χ3n) is 7.97. The van der Waals surface area contributed by atoms with Gasteiger partial charge in [0.2, 0.25) is 0 Å². The van der Waals surface area contributed by atoms with Gasteiger partial charge in [0.05, 0.1) is 28.1 Å². The maximum atomic E-state index is 14.9. The molecule has 1 saturated heterocycles. The summed E-state index contributed by atoms with van der Waals surface area (Å²) in [7, 11) is 0. The van der Waals surface area contributed by atoms with Crippen molar-refractivity contribution in [1.82, 2.24) is 19.5 Å². The van der Waals surface area contributed by atoms with Gasteiger partial charge in [0.25, 0.3) is 0 Å². The van der Waals surface area contributed by atoms with Gasteiger partial charge in [-0.1, -0.05) is 18.5 Å². The van der Waals surface area contributed by atoms with E-state index in [4.69, 9.17) is 32.5 Å². The molecule has 2 aliphatic rings. The van der Waals surface area contributed by atoms with Crippen LogP contribution in [0.2, 0.25) is 5.02 Å². The predicted octanol–water partition coefficient (Wildman–Crippen LogP) is 5.35. The van der Waals surface area contributed by atoms with E-state index in [1.807, 2.05) is 26.0 Å². The van der Waals surface area contributed by atoms with Crippen molar-refractivity contribution in [1.29, 1.82) is 0 Å². The molecule has 6 rings (SSSR count). The first-order chi connectivity index (χ1) is 17.5. The fraction of sp³-hybridized carbons (Fsp3) is 0.444. The molecule has 1 aliphatic carbocycles. The second-order valence-electron chi connectivity index (χ2n) is 11.1. The Morgan fingerprint density at radius 1 is 1.08 bits per heavy atom. The van der Waals surface area contributed by atoms with E-state index in [-0.39, 0.29) is 40.3 Å². The normalized spacial score (nSPS) is 26.8. The maximum Gasteiger partial charge on any atom is 0.163 e. The topological polar surface area (TPSA) is 114 Å². The average molecular weight is 525 g/mol. The Labute approximate surface area is 219 Å². The van der Waals surface area contributed by atoms with Crippen molar-refractivity contribution < 1.29 is 13.9 Å². The summed E-state index contributed by atoms with van der Waals surface area (Å²) in [6.45, 7) is 8.18. The van der Waals surface area contributed by atoms with Crippen LogP contribution in [0.1, 0.15) is 50.9 Å². The minimum absolute atomic E-state index is 0.000483. The van der Waals surface area contributed by atoms with Gasteiger partial charge in [-0.15, -0.1) is 0 Å². The number of hydrogen-bond acceptors (Lipinski definition) is 7. The Hall–Kier alpha value is -3.01. The summed E-state index contributed by atoms with van der Waals surface area (Å²) in [5.41, 5.74) is 15.0. The summed E-state index contributed by atoms with van der Waals surface area (Å²) in [6, 6.07) is 7.00. The van der Waals surface area contributed by atoms with Crippen LogP contribution in [0.5, 0.6) is 0 Å². The van der Waals surface area contributed by atoms with E-state index in [0.29, 0.717) is 23.1 Å². The van der Waals surface area contributed by atoms with E-state index in [1.54, 1.807) is 6.07 Å². The molecule has 4 aromatic rings. The highest BCUT2D eigenvalue weighted by molar-refractivity contribution is 6.33. The summed E-state index contributed by atoms with van der Waals surface area (Å²) >= 11 is 6.05. The number of halogens is 2. The largest absolute Gasteiger partial charge is 0.383 e. The van der Waals surface area contributed by atoms with Crippen molar-refractivity contribution in [3.05, 3.63) is 52.7 Å². The molecule has 37 heavy (non-hydrogen) atoms. The third kappa shape index (κ3) is 3.91. The Kier molecular flexibility index (Phi) is 5.42. The second kappa shape index (κ2) is 8.24. The van der Waals surface area contributed by atoms with Gasteiger partial charge >= 0.3 is 0 Å². The number of hydrogen-bond donors (Lipinski definition) is 2. The number of anilines is 2. The minimum Gasteiger partial charge on any atom is -0.383 e. The van der Waals surface area contributed by atoms with Crippen LogP contribution in [0.15, 0.2) is 30.6 Å². The molecule has 8 nitrogen and oxygen atoms in total. The monoisotopic (exact) mass is 524 g/mol. The fourth-order valence-corrected chi connectivity index (χ4v) is 6.40. The zero-order valence-electron chi connectivity index (χ0n) is 21.3. The van der Waals surface area contributed by atoms with E-state index in [0.717, 1.165) is 35.1 Å². The highest BCUT2D eigenvalue weighted by atomic mass is 35.5. The fourth-order valence-electron chi connectivity index (χ4n) is 6.25. The number of aromatic nitrogens is 4. The Balaban J connectivity index is 1.34. The molecule has 0 amide bonds. The highest BCUT2D eigenvalue weighted by Crippen LogP contribution is 2.56. The molecule has 1 aliphatic heterocycles. The first kappa shape index (κ1) is 24.3. The lowest BCUT2D eigenvalue weighted by molar-refractivity contribution is -0.168. The van der Waals surface area contributed by atoms with Crippen LogP contribution < -0.4 is 11.5 Å². The number of rotatable bonds is 4. The van der Waals surface area contributed by atoms with Gasteiger partial charge in [-0.3, -0.25) is 0 Å². The quantitative estimate of drug-likeness (QED) is 0.370. The lowest BCUT2D eigenvalue weighted by Gasteiger charge is -2.32. The Morgan fingerprint density at radius 2 is 1.86 bits per heavy atom. The van der Waals surface area contributed by atoms with Crippen molar-refractivity contribution in [2.75, 3.05) is 11.5 Å². The molecule has 4 N–H and O–H groups in total. The van der Waals surface area contributed by atoms with Gasteiger partial charge in [0.15, 0.2) is 5.79 Å². The molecular weight excluding hydrogens is 495 g/mol. The standard InChI is InChI=1S/C27H30ClFN6O2/c1-13-7-16-23(30)32-12-33-25(16)35(13)20-11-27(4,22-21(20)36-26(2,3)37-22)6-5-14-8-18(29)15-10-17(28)24(31)34-19(15)9-14/h7-10,12,20-22H,5-6,11H2,1-4H3,(H2,31,34)(H2,30,32,33)/t20-,21+,22+,27+/m1/s1. The molecule has 0 radical (unpaired) electrons. The number of benzene rings is 1. The molecule has 0 spiro atoms. The second-order valence-corrected chi connectivity index (χ2v) is 11.5. The van der Waals surface area contributed by atoms with Gasteiger partial charge in [0.1, 0.15) is 35.5 Å². The van der Waals surface area contributed by atoms with Crippen molar-refractivity contribution >= 4 is 45.2 Å². The van der Waals surface area contributed by atoms with Crippen LogP contribution in [0.4, 0.5) is 16.0 Å². The van der Waals surface area contributed by atoms with Crippen LogP contribution in [0.25, 0.3) is 21.9 Å². The number of nitrogens with zero attached hydrogens (tertiary/aromatic N) is 4. The molecule has 1 saturated carbocycles. The number of fused-ring (bicyclic) bond motifs is 3. The van der Waals surface area contributed by atoms with E-state index in [9.17, 15) is 4.39 Å². The molecule has 0 unspecified atom stereocenters. The van der Waals surface area contributed by atoms with E-state index < -0.39 is 5.79 Å². The number of nitrogen functional groups attached to an aromatic ring is 2. The summed E-state index contributed by atoms with van der Waals surface area (Å²) in [5, 5.41) is 1.44. The number of nitrogens with two attached hydrogens (primary N) is 2. The Bertz CT molecular complexity index is 1560. The molecule has 4 atom stereocenters. The minimum atomic E-state index is -0.712. The molecular formula is C27H30ClFN6O2. The highest BCUT2D eigenvalue weighted by Gasteiger charge is 2.59. The molecule has 2 fully saturated rings.